The summed E-state index contributed by atoms with van der Waals surface area (Å²) in [5, 5.41) is 20.3. The van der Waals surface area contributed by atoms with Gasteiger partial charge in [0.15, 0.2) is 5.82 Å². The van der Waals surface area contributed by atoms with Gasteiger partial charge in [-0.05, 0) is 90.4 Å². The van der Waals surface area contributed by atoms with Crippen molar-refractivity contribution in [3.63, 3.8) is 0 Å². The summed E-state index contributed by atoms with van der Waals surface area (Å²) in [6.45, 7) is 28.9. The number of anilines is 2. The smallest absolute Gasteiger partial charge is 0.264 e. The van der Waals surface area contributed by atoms with Crippen LogP contribution in [0.1, 0.15) is 115 Å². The third-order valence-corrected chi connectivity index (χ3v) is 12.9. The number of hydrogen-bond donors (Lipinski definition) is 4. The second kappa shape index (κ2) is 31.2. The number of piperazine rings is 1. The summed E-state index contributed by atoms with van der Waals surface area (Å²) in [6, 6.07) is 6.34. The van der Waals surface area contributed by atoms with E-state index in [2.05, 4.69) is 80.2 Å². The van der Waals surface area contributed by atoms with E-state index in [9.17, 15) is 28.8 Å². The fourth-order valence-corrected chi connectivity index (χ4v) is 8.73. The molecule has 2 saturated heterocycles. The fraction of sp³-hybridized carbons (Fsp3) is 0.556. The highest BCUT2D eigenvalue weighted by Gasteiger charge is 2.45. The topological polar surface area (TPSA) is 223 Å². The summed E-state index contributed by atoms with van der Waals surface area (Å²) in [4.78, 5) is 95.8. The Hall–Kier alpha value is -6.64. The zero-order valence-corrected chi connectivity index (χ0v) is 45.3. The Morgan fingerprint density at radius 1 is 0.905 bits per heavy atom. The first-order valence-electron chi connectivity index (χ1n) is 26.5. The Morgan fingerprint density at radius 3 is 2.26 bits per heavy atom. The Kier molecular flexibility index (Phi) is 25.2. The molecule has 6 heterocycles. The summed E-state index contributed by atoms with van der Waals surface area (Å²) in [7, 11) is 3.49. The van der Waals surface area contributed by atoms with Gasteiger partial charge in [-0.25, -0.2) is 9.97 Å². The van der Waals surface area contributed by atoms with E-state index in [0.717, 1.165) is 81.1 Å². The van der Waals surface area contributed by atoms with Crippen molar-refractivity contribution in [2.45, 2.75) is 119 Å². The predicted molar refractivity (Wildman–Crippen MR) is 290 cm³/mol. The lowest BCUT2D eigenvalue weighted by Crippen LogP contribution is -2.49. The lowest BCUT2D eigenvalue weighted by Gasteiger charge is -2.34. The third kappa shape index (κ3) is 16.2. The van der Waals surface area contributed by atoms with Gasteiger partial charge in [0, 0.05) is 89.2 Å². The average molecular weight is 1020 g/mol. The lowest BCUT2D eigenvalue weighted by atomic mass is 10.1. The van der Waals surface area contributed by atoms with E-state index in [0.29, 0.717) is 86.5 Å². The number of unbranched alkanes of at least 4 members (excludes halogenated alkanes) is 3. The third-order valence-electron chi connectivity index (χ3n) is 12.9. The van der Waals surface area contributed by atoms with Crippen LogP contribution in [0.2, 0.25) is 0 Å². The minimum absolute atomic E-state index is 0.00194. The first-order chi connectivity index (χ1) is 35.8. The molecule has 2 fully saturated rings. The van der Waals surface area contributed by atoms with E-state index in [4.69, 9.17) is 9.97 Å². The van der Waals surface area contributed by atoms with Crippen molar-refractivity contribution in [2.24, 2.45) is 0 Å². The molecule has 20 heteroatoms. The zero-order valence-electron chi connectivity index (χ0n) is 45.3. The number of amides is 5. The molecule has 5 amide bonds. The first kappa shape index (κ1) is 59.9. The molecule has 3 aromatic rings. The summed E-state index contributed by atoms with van der Waals surface area (Å²) in [6.07, 6.45) is 9.71. The highest BCUT2D eigenvalue weighted by molar-refractivity contribution is 6.26. The highest BCUT2D eigenvalue weighted by atomic mass is 16.2. The zero-order chi connectivity index (χ0) is 54.2. The van der Waals surface area contributed by atoms with Crippen LogP contribution in [-0.2, 0) is 43.6 Å². The van der Waals surface area contributed by atoms with Crippen LogP contribution in [0.25, 0.3) is 11.5 Å². The Labute approximate surface area is 438 Å². The van der Waals surface area contributed by atoms with Gasteiger partial charge in [0.05, 0.1) is 29.9 Å². The van der Waals surface area contributed by atoms with Crippen molar-refractivity contribution in [3.05, 3.63) is 83.5 Å². The van der Waals surface area contributed by atoms with Crippen LogP contribution in [0, 0.1) is 0 Å². The largest absolute Gasteiger partial charge is 0.384 e. The van der Waals surface area contributed by atoms with E-state index >= 15 is 0 Å². The molecule has 3 aliphatic rings. The Morgan fingerprint density at radius 2 is 1.61 bits per heavy atom. The maximum absolute atomic E-state index is 13.9. The van der Waals surface area contributed by atoms with Crippen LogP contribution in [0.4, 0.5) is 11.6 Å². The summed E-state index contributed by atoms with van der Waals surface area (Å²) in [5.74, 6) is -0.0859. The second-order valence-corrected chi connectivity index (χ2v) is 18.1. The van der Waals surface area contributed by atoms with Crippen LogP contribution in [-0.4, -0.2) is 166 Å². The van der Waals surface area contributed by atoms with Gasteiger partial charge in [0.25, 0.3) is 17.7 Å². The summed E-state index contributed by atoms with van der Waals surface area (Å²) in [5.41, 5.74) is 3.46. The van der Waals surface area contributed by atoms with Gasteiger partial charge in [-0.15, -0.1) is 10.2 Å². The van der Waals surface area contributed by atoms with Crippen LogP contribution >= 0.6 is 0 Å². The number of carbonyl (C=O) groups excluding carboxylic acids is 6. The summed E-state index contributed by atoms with van der Waals surface area (Å²) < 4.78 is 1.92. The average Bonchev–Trinajstić information content (AvgIpc) is 4.09. The number of pyridine rings is 2. The molecule has 0 saturated carbocycles. The number of fused-ring (bicyclic) bond motifs is 1. The molecule has 1 unspecified atom stereocenters. The van der Waals surface area contributed by atoms with Gasteiger partial charge < -0.3 is 40.4 Å². The Balaban J connectivity index is 0.00000188. The normalized spacial score (nSPS) is 15.7. The molecule has 0 radical (unpaired) electrons. The van der Waals surface area contributed by atoms with Crippen molar-refractivity contribution in [1.82, 2.24) is 60.3 Å². The molecule has 0 bridgehead atoms. The van der Waals surface area contributed by atoms with Gasteiger partial charge >= 0.3 is 0 Å². The number of rotatable bonds is 27. The van der Waals surface area contributed by atoms with Gasteiger partial charge in [-0.1, -0.05) is 59.8 Å². The van der Waals surface area contributed by atoms with Crippen LogP contribution < -0.4 is 26.2 Å². The minimum Gasteiger partial charge on any atom is -0.384 e. The van der Waals surface area contributed by atoms with E-state index in [1.165, 1.54) is 26.0 Å². The molecule has 74 heavy (non-hydrogen) atoms. The number of likely N-dealkylation sites (tertiary alicyclic amines) is 1. The monoisotopic (exact) mass is 1020 g/mol. The van der Waals surface area contributed by atoms with Crippen molar-refractivity contribution in [3.8, 4) is 11.5 Å². The van der Waals surface area contributed by atoms with Crippen molar-refractivity contribution in [1.29, 1.82) is 0 Å². The molecule has 404 valence electrons. The maximum Gasteiger partial charge on any atom is 0.264 e. The van der Waals surface area contributed by atoms with Crippen molar-refractivity contribution in [2.75, 3.05) is 89.8 Å². The number of aromatic nitrogens is 5. The maximum atomic E-state index is 13.9. The SMILES string of the molecule is C=C/C(NCCCCCNC(=O)CN1CCN(CCCN(C)Cc2nc(NCC)cc3c2CN(c2cccc(-c4nncn4CC)n2)C3=O)CC1)=C1\C(=C)C(=O)N(C(CCC=O)C(=O)NC)C1=O.CC.CCCC. The molecule has 20 nitrogen and oxygen atoms in total. The van der Waals surface area contributed by atoms with Gasteiger partial charge in [0.2, 0.25) is 11.8 Å². The van der Waals surface area contributed by atoms with E-state index in [1.807, 2.05) is 56.5 Å². The Bertz CT molecular complexity index is 2410. The van der Waals surface area contributed by atoms with Gasteiger partial charge in [0.1, 0.15) is 36.0 Å². The molecule has 0 aliphatic carbocycles. The van der Waals surface area contributed by atoms with Crippen LogP contribution in [0.15, 0.2) is 66.7 Å². The number of aldehydes is 1. The number of nitrogens with zero attached hydrogens (tertiary/aromatic N) is 10. The predicted octanol–water partition coefficient (Wildman–Crippen LogP) is 4.95. The molecule has 3 aromatic heterocycles. The molecule has 6 rings (SSSR count). The number of allylic oxidation sites excluding steroid dienone is 1. The molecule has 0 spiro atoms. The fourth-order valence-electron chi connectivity index (χ4n) is 8.73. The van der Waals surface area contributed by atoms with E-state index in [-0.39, 0.29) is 35.8 Å². The highest BCUT2D eigenvalue weighted by Crippen LogP contribution is 2.33. The quantitative estimate of drug-likeness (QED) is 0.0343. The van der Waals surface area contributed by atoms with E-state index in [1.54, 1.807) is 11.2 Å². The van der Waals surface area contributed by atoms with Crippen molar-refractivity contribution >= 4 is 47.5 Å². The molecular formula is C54H82N14O6. The number of carbonyl (C=O) groups is 6. The van der Waals surface area contributed by atoms with Gasteiger partial charge in [-0.2, -0.15) is 0 Å². The number of aryl methyl sites for hydroxylation is 1. The molecule has 4 N–H and O–H groups in total. The molecular weight excluding hydrogens is 941 g/mol. The lowest BCUT2D eigenvalue weighted by molar-refractivity contribution is -0.145. The van der Waals surface area contributed by atoms with Crippen LogP contribution in [0.3, 0.4) is 0 Å². The van der Waals surface area contributed by atoms with Crippen LogP contribution in [0.5, 0.6) is 0 Å². The number of imide groups is 1. The first-order valence-corrected chi connectivity index (χ1v) is 26.5. The van der Waals surface area contributed by atoms with E-state index < -0.39 is 23.8 Å². The molecule has 1 atom stereocenters. The minimum atomic E-state index is -1.13. The molecule has 3 aliphatic heterocycles. The standard InChI is InChI=1S/C48H66N14O6.C4H10.C2H6/c1-7-36(43-33(4)46(66)62(48(43)68)39(17-14-27-63)45(65)49-5)51-19-11-10-12-20-52-42(64)31-59-25-23-58(24-26-59)22-15-21-57(6)30-38-35-29-61(47(67)34(35)28-40(54-38)50-8-2)41-18-13-16-37(55-41)44-56-53-32-60(44)9-3;1-3-4-2;1-2/h7,13,16,18,27-28,32,39,51H,1,4,8-12,14-15,17,19-26,29-31H2,2-3,5-6H3,(H,49,65)(H,50,54)(H,52,64);3-4H2,1-2H3;1-2H3/b43-36-;;. The van der Waals surface area contributed by atoms with Crippen molar-refractivity contribution < 1.29 is 28.8 Å². The second-order valence-electron chi connectivity index (χ2n) is 18.1. The number of likely N-dealkylation sites (N-methyl/N-ethyl adjacent to an activating group) is 1. The number of nitrogens with one attached hydrogen (secondary N) is 4. The summed E-state index contributed by atoms with van der Waals surface area (Å²) >= 11 is 0. The number of hydrogen-bond acceptors (Lipinski definition) is 15. The molecule has 0 aromatic carbocycles. The van der Waals surface area contributed by atoms with Gasteiger partial charge in [-0.3, -0.25) is 38.7 Å².